The first-order valence-electron chi connectivity index (χ1n) is 10.2. The number of carbonyl (C=O) groups is 1. The molecule has 0 saturated carbocycles. The Hall–Kier alpha value is -3.28. The number of carbonyl (C=O) groups excluding carboxylic acids is 1. The Labute approximate surface area is 209 Å². The number of sulfonamides is 2. The van der Waals surface area contributed by atoms with Crippen molar-refractivity contribution in [2.45, 2.75) is 17.9 Å². The van der Waals surface area contributed by atoms with E-state index >= 15 is 0 Å². The second kappa shape index (κ2) is 10.5. The van der Waals surface area contributed by atoms with Crippen LogP contribution >= 0.6 is 11.6 Å². The number of halogens is 1. The van der Waals surface area contributed by atoms with Gasteiger partial charge in [-0.25, -0.2) is 16.8 Å². The van der Waals surface area contributed by atoms with E-state index in [1.54, 1.807) is 24.3 Å². The number of hydrogen-bond acceptors (Lipinski definition) is 6. The lowest BCUT2D eigenvalue weighted by Gasteiger charge is -2.28. The molecule has 9 nitrogen and oxygen atoms in total. The molecule has 0 aliphatic carbocycles. The van der Waals surface area contributed by atoms with E-state index in [1.165, 1.54) is 62.6 Å². The molecule has 0 unspecified atom stereocenters. The molecule has 35 heavy (non-hydrogen) atoms. The van der Waals surface area contributed by atoms with Gasteiger partial charge >= 0.3 is 0 Å². The lowest BCUT2D eigenvalue weighted by atomic mass is 10.2. The highest BCUT2D eigenvalue weighted by Crippen LogP contribution is 2.25. The summed E-state index contributed by atoms with van der Waals surface area (Å²) >= 11 is 5.82. The molecule has 0 saturated heterocycles. The van der Waals surface area contributed by atoms with Gasteiger partial charge in [-0.05, 0) is 79.7 Å². The van der Waals surface area contributed by atoms with E-state index < -0.39 is 32.0 Å². The topological polar surface area (TPSA) is 122 Å². The largest absolute Gasteiger partial charge is 0.497 e. The van der Waals surface area contributed by atoms with E-state index in [9.17, 15) is 21.6 Å². The first kappa shape index (κ1) is 26.3. The number of hydrogen-bond donors (Lipinski definition) is 2. The zero-order chi connectivity index (χ0) is 25.8. The van der Waals surface area contributed by atoms with Gasteiger partial charge in [0.15, 0.2) is 0 Å². The van der Waals surface area contributed by atoms with Crippen LogP contribution in [0.25, 0.3) is 0 Å². The summed E-state index contributed by atoms with van der Waals surface area (Å²) in [6.45, 7) is 1.45. The Morgan fingerprint density at radius 3 is 1.94 bits per heavy atom. The highest BCUT2D eigenvalue weighted by molar-refractivity contribution is 7.92. The molecule has 1 amide bonds. The monoisotopic (exact) mass is 537 g/mol. The number of amides is 1. The number of benzene rings is 3. The summed E-state index contributed by atoms with van der Waals surface area (Å²) in [6, 6.07) is 16.9. The zero-order valence-corrected chi connectivity index (χ0v) is 21.5. The minimum atomic E-state index is -3.87. The molecule has 0 bridgehead atoms. The minimum absolute atomic E-state index is 0.0190. The van der Waals surface area contributed by atoms with Crippen LogP contribution in [0.2, 0.25) is 5.02 Å². The molecule has 1 atom stereocenters. The number of nitrogens with zero attached hydrogens (tertiary/aromatic N) is 1. The summed E-state index contributed by atoms with van der Waals surface area (Å²) in [5.74, 6) is -0.0546. The molecule has 0 fully saturated rings. The zero-order valence-electron chi connectivity index (χ0n) is 19.1. The molecule has 3 aromatic carbocycles. The third-order valence-electron chi connectivity index (χ3n) is 4.94. The summed E-state index contributed by atoms with van der Waals surface area (Å²) < 4.78 is 58.6. The number of methoxy groups -OCH3 is 1. The molecule has 0 aliphatic heterocycles. The molecule has 12 heteroatoms. The van der Waals surface area contributed by atoms with Gasteiger partial charge in [-0.1, -0.05) is 11.6 Å². The number of anilines is 3. The second-order valence-corrected chi connectivity index (χ2v) is 11.5. The van der Waals surface area contributed by atoms with E-state index in [0.717, 1.165) is 10.6 Å². The van der Waals surface area contributed by atoms with Crippen LogP contribution in [-0.2, 0) is 24.8 Å². The predicted molar refractivity (Wildman–Crippen MR) is 137 cm³/mol. The van der Waals surface area contributed by atoms with Crippen LogP contribution in [0, 0.1) is 0 Å². The van der Waals surface area contributed by atoms with Gasteiger partial charge in [0.1, 0.15) is 11.8 Å². The third kappa shape index (κ3) is 6.65. The quantitative estimate of drug-likeness (QED) is 0.426. The Bertz CT molecular complexity index is 1390. The number of nitrogens with one attached hydrogen (secondary N) is 2. The van der Waals surface area contributed by atoms with Crippen molar-refractivity contribution < 1.29 is 26.4 Å². The highest BCUT2D eigenvalue weighted by Gasteiger charge is 2.29. The SMILES string of the molecule is COc1ccc(N([C@@H](C)C(=O)Nc2ccc(S(=O)(=O)Nc3ccc(Cl)cc3)cc2)S(C)(=O)=O)cc1. The van der Waals surface area contributed by atoms with E-state index in [0.29, 0.717) is 27.8 Å². The maximum atomic E-state index is 12.9. The summed E-state index contributed by atoms with van der Waals surface area (Å²) in [4.78, 5) is 12.8. The first-order valence-corrected chi connectivity index (χ1v) is 13.9. The molecule has 0 spiro atoms. The average Bonchev–Trinajstić information content (AvgIpc) is 2.80. The fourth-order valence-electron chi connectivity index (χ4n) is 3.23. The van der Waals surface area contributed by atoms with Crippen molar-refractivity contribution in [3.63, 3.8) is 0 Å². The van der Waals surface area contributed by atoms with E-state index in [2.05, 4.69) is 10.0 Å². The first-order chi connectivity index (χ1) is 16.4. The molecule has 2 N–H and O–H groups in total. The van der Waals surface area contributed by atoms with Crippen molar-refractivity contribution in [2.75, 3.05) is 27.7 Å². The van der Waals surface area contributed by atoms with Crippen LogP contribution in [-0.4, -0.2) is 42.2 Å². The Morgan fingerprint density at radius 1 is 0.886 bits per heavy atom. The fourth-order valence-corrected chi connectivity index (χ4v) is 5.59. The van der Waals surface area contributed by atoms with E-state index in [-0.39, 0.29) is 4.90 Å². The van der Waals surface area contributed by atoms with E-state index in [4.69, 9.17) is 16.3 Å². The van der Waals surface area contributed by atoms with Crippen molar-refractivity contribution in [2.24, 2.45) is 0 Å². The van der Waals surface area contributed by atoms with Gasteiger partial charge in [0.25, 0.3) is 10.0 Å². The van der Waals surface area contributed by atoms with Crippen molar-refractivity contribution in [3.05, 3.63) is 77.8 Å². The summed E-state index contributed by atoms with van der Waals surface area (Å²) in [5.41, 5.74) is 0.946. The van der Waals surface area contributed by atoms with Crippen LogP contribution < -0.4 is 19.1 Å². The van der Waals surface area contributed by atoms with E-state index in [1.807, 2.05) is 0 Å². The fraction of sp³-hybridized carbons (Fsp3) is 0.174. The van der Waals surface area contributed by atoms with Gasteiger partial charge in [0, 0.05) is 16.4 Å². The van der Waals surface area contributed by atoms with Crippen LogP contribution in [0.4, 0.5) is 17.1 Å². The number of rotatable bonds is 9. The highest BCUT2D eigenvalue weighted by atomic mass is 35.5. The lowest BCUT2D eigenvalue weighted by molar-refractivity contribution is -0.116. The smallest absolute Gasteiger partial charge is 0.261 e. The summed E-state index contributed by atoms with van der Waals surface area (Å²) in [5, 5.41) is 3.10. The lowest BCUT2D eigenvalue weighted by Crippen LogP contribution is -2.45. The van der Waals surface area contributed by atoms with Gasteiger partial charge in [-0.3, -0.25) is 13.8 Å². The maximum absolute atomic E-state index is 12.9. The summed E-state index contributed by atoms with van der Waals surface area (Å²) in [6.07, 6.45) is 1.01. The molecule has 0 aliphatic rings. The van der Waals surface area contributed by atoms with Crippen molar-refractivity contribution in [1.29, 1.82) is 0 Å². The maximum Gasteiger partial charge on any atom is 0.261 e. The Balaban J connectivity index is 1.75. The van der Waals surface area contributed by atoms with Crippen LogP contribution in [0.3, 0.4) is 0 Å². The molecule has 0 aromatic heterocycles. The third-order valence-corrected chi connectivity index (χ3v) is 7.83. The summed E-state index contributed by atoms with van der Waals surface area (Å²) in [7, 11) is -6.17. The van der Waals surface area contributed by atoms with Crippen LogP contribution in [0.1, 0.15) is 6.92 Å². The second-order valence-electron chi connectivity index (χ2n) is 7.56. The molecular weight excluding hydrogens is 514 g/mol. The molecule has 0 radical (unpaired) electrons. The molecule has 3 aromatic rings. The average molecular weight is 538 g/mol. The Kier molecular flexibility index (Phi) is 7.93. The standard InChI is InChI=1S/C23H24ClN3O6S2/c1-16(27(34(3,29)30)20-10-12-21(33-2)13-11-20)23(28)25-18-8-14-22(15-9-18)35(31,32)26-19-6-4-17(24)5-7-19/h4-16,26H,1-3H3,(H,25,28)/t16-/m0/s1. The van der Waals surface area contributed by atoms with Gasteiger partial charge in [-0.15, -0.1) is 0 Å². The molecule has 0 heterocycles. The predicted octanol–water partition coefficient (Wildman–Crippen LogP) is 3.94. The normalized spacial score (nSPS) is 12.5. The molecular formula is C23H24ClN3O6S2. The Morgan fingerprint density at radius 2 is 1.43 bits per heavy atom. The van der Waals surface area contributed by atoms with Crippen LogP contribution in [0.15, 0.2) is 77.7 Å². The van der Waals surface area contributed by atoms with Gasteiger partial charge < -0.3 is 10.1 Å². The minimum Gasteiger partial charge on any atom is -0.497 e. The van der Waals surface area contributed by atoms with Crippen molar-refractivity contribution in [1.82, 2.24) is 0 Å². The van der Waals surface area contributed by atoms with Gasteiger partial charge in [0.05, 0.1) is 23.9 Å². The van der Waals surface area contributed by atoms with Gasteiger partial charge in [-0.2, -0.15) is 0 Å². The molecule has 3 rings (SSSR count). The van der Waals surface area contributed by atoms with Gasteiger partial charge in [0.2, 0.25) is 15.9 Å². The van der Waals surface area contributed by atoms with Crippen molar-refractivity contribution >= 4 is 54.6 Å². The van der Waals surface area contributed by atoms with Crippen molar-refractivity contribution in [3.8, 4) is 5.75 Å². The van der Waals surface area contributed by atoms with Crippen LogP contribution in [0.5, 0.6) is 5.75 Å². The number of ether oxygens (including phenoxy) is 1. The molecule has 186 valence electrons.